The van der Waals surface area contributed by atoms with Gasteiger partial charge in [0.15, 0.2) is 0 Å². The minimum atomic E-state index is -1.53. The predicted molar refractivity (Wildman–Crippen MR) is 72.5 cm³/mol. The Balaban J connectivity index is 3.09. The van der Waals surface area contributed by atoms with Gasteiger partial charge in [-0.1, -0.05) is 20.8 Å². The molecule has 1 atom stereocenters. The number of nitrogens with one attached hydrogen (secondary N) is 1. The summed E-state index contributed by atoms with van der Waals surface area (Å²) < 4.78 is 13.6. The highest BCUT2D eigenvalue weighted by atomic mass is 19.1. The number of hydrogen-bond donors (Lipinski definition) is 2. The quantitative estimate of drug-likeness (QED) is 0.618. The number of carboxylic acids is 1. The fourth-order valence-corrected chi connectivity index (χ4v) is 1.53. The van der Waals surface area contributed by atoms with Gasteiger partial charge in [0.1, 0.15) is 17.1 Å². The third kappa shape index (κ3) is 3.66. The lowest BCUT2D eigenvalue weighted by Gasteiger charge is -2.17. The maximum absolute atomic E-state index is 13.6. The van der Waals surface area contributed by atoms with Crippen molar-refractivity contribution in [1.29, 1.82) is 0 Å². The Morgan fingerprint density at radius 1 is 1.45 bits per heavy atom. The molecular formula is C13H17FN2O4. The topological polar surface area (TPSA) is 92.5 Å². The van der Waals surface area contributed by atoms with E-state index in [-0.39, 0.29) is 11.6 Å². The van der Waals surface area contributed by atoms with Gasteiger partial charge < -0.3 is 10.4 Å². The van der Waals surface area contributed by atoms with Gasteiger partial charge in [-0.2, -0.15) is 0 Å². The zero-order chi connectivity index (χ0) is 15.4. The molecule has 0 amide bonds. The van der Waals surface area contributed by atoms with Crippen LogP contribution in [0.4, 0.5) is 15.8 Å². The molecule has 0 radical (unpaired) electrons. The number of nitrogens with zero attached hydrogens (tertiary/aromatic N) is 1. The van der Waals surface area contributed by atoms with Crippen LogP contribution in [-0.4, -0.2) is 22.5 Å². The number of carboxylic acid groups (broad SMARTS) is 1. The smallest absolute Gasteiger partial charge is 0.338 e. The summed E-state index contributed by atoms with van der Waals surface area (Å²) in [7, 11) is 0. The summed E-state index contributed by atoms with van der Waals surface area (Å²) in [4.78, 5) is 21.0. The first-order chi connectivity index (χ1) is 9.23. The van der Waals surface area contributed by atoms with Gasteiger partial charge in [-0.25, -0.2) is 9.18 Å². The van der Waals surface area contributed by atoms with Crippen molar-refractivity contribution in [3.63, 3.8) is 0 Å². The number of aromatic carboxylic acids is 1. The molecule has 1 unspecified atom stereocenters. The lowest BCUT2D eigenvalue weighted by atomic mass is 9.98. The molecule has 0 aliphatic heterocycles. The molecule has 7 heteroatoms. The first-order valence-electron chi connectivity index (χ1n) is 6.19. The van der Waals surface area contributed by atoms with Gasteiger partial charge >= 0.3 is 5.97 Å². The number of anilines is 1. The predicted octanol–water partition coefficient (Wildman–Crippen LogP) is 3.14. The van der Waals surface area contributed by atoms with Crippen molar-refractivity contribution in [2.45, 2.75) is 20.8 Å². The number of nitro groups is 1. The summed E-state index contributed by atoms with van der Waals surface area (Å²) in [5.41, 5.74) is -1.16. The van der Waals surface area contributed by atoms with Crippen molar-refractivity contribution in [3.8, 4) is 0 Å². The summed E-state index contributed by atoms with van der Waals surface area (Å²) in [5.74, 6) is -1.93. The van der Waals surface area contributed by atoms with Crippen LogP contribution in [0.15, 0.2) is 12.1 Å². The van der Waals surface area contributed by atoms with E-state index < -0.39 is 28.0 Å². The number of hydrogen-bond acceptors (Lipinski definition) is 4. The standard InChI is InChI=1S/C13H17FN2O4/c1-7(2)8(3)6-15-11-5-10(14)9(13(17)18)4-12(11)16(19)20/h4-5,7-8,15H,6H2,1-3H3,(H,17,18). The maximum atomic E-state index is 13.6. The number of nitro benzene ring substituents is 1. The molecule has 20 heavy (non-hydrogen) atoms. The van der Waals surface area contributed by atoms with Gasteiger partial charge in [0.25, 0.3) is 5.69 Å². The molecule has 1 rings (SSSR count). The largest absolute Gasteiger partial charge is 0.478 e. The monoisotopic (exact) mass is 284 g/mol. The molecule has 0 heterocycles. The number of halogens is 1. The van der Waals surface area contributed by atoms with Crippen LogP contribution in [0.1, 0.15) is 31.1 Å². The molecule has 0 aliphatic carbocycles. The number of carbonyl (C=O) groups is 1. The molecule has 2 N–H and O–H groups in total. The summed E-state index contributed by atoms with van der Waals surface area (Å²) in [6, 6.07) is 1.59. The van der Waals surface area contributed by atoms with E-state index in [0.717, 1.165) is 12.1 Å². The fourth-order valence-electron chi connectivity index (χ4n) is 1.53. The lowest BCUT2D eigenvalue weighted by molar-refractivity contribution is -0.384. The van der Waals surface area contributed by atoms with Crippen LogP contribution in [0, 0.1) is 27.8 Å². The SMILES string of the molecule is CC(C)C(C)CNc1cc(F)c(C(=O)O)cc1[N+](=O)[O-]. The average molecular weight is 284 g/mol. The molecule has 0 fully saturated rings. The van der Waals surface area contributed by atoms with Crippen molar-refractivity contribution in [3.05, 3.63) is 33.6 Å². The Bertz CT molecular complexity index is 531. The second-order valence-electron chi connectivity index (χ2n) is 5.01. The fraction of sp³-hybridized carbons (Fsp3) is 0.462. The van der Waals surface area contributed by atoms with Crippen LogP contribution in [-0.2, 0) is 0 Å². The van der Waals surface area contributed by atoms with Crippen molar-refractivity contribution in [2.24, 2.45) is 11.8 Å². The van der Waals surface area contributed by atoms with Gasteiger partial charge in [-0.05, 0) is 11.8 Å². The summed E-state index contributed by atoms with van der Waals surface area (Å²) >= 11 is 0. The van der Waals surface area contributed by atoms with E-state index in [4.69, 9.17) is 5.11 Å². The molecule has 6 nitrogen and oxygen atoms in total. The molecule has 110 valence electrons. The minimum Gasteiger partial charge on any atom is -0.478 e. The van der Waals surface area contributed by atoms with E-state index in [1.165, 1.54) is 0 Å². The third-order valence-electron chi connectivity index (χ3n) is 3.27. The minimum absolute atomic E-state index is 0.00926. The van der Waals surface area contributed by atoms with Crippen molar-refractivity contribution >= 4 is 17.3 Å². The van der Waals surface area contributed by atoms with Gasteiger partial charge in [0, 0.05) is 18.7 Å². The Morgan fingerprint density at radius 3 is 2.50 bits per heavy atom. The first-order valence-corrected chi connectivity index (χ1v) is 6.19. The van der Waals surface area contributed by atoms with E-state index in [9.17, 15) is 19.3 Å². The van der Waals surface area contributed by atoms with Gasteiger partial charge in [0.05, 0.1) is 4.92 Å². The zero-order valence-electron chi connectivity index (χ0n) is 11.5. The summed E-state index contributed by atoms with van der Waals surface area (Å²) in [5, 5.41) is 22.5. The zero-order valence-corrected chi connectivity index (χ0v) is 11.5. The van der Waals surface area contributed by atoms with Crippen LogP contribution in [0.3, 0.4) is 0 Å². The second kappa shape index (κ2) is 6.31. The molecule has 0 saturated carbocycles. The molecule has 1 aromatic carbocycles. The molecule has 0 bridgehead atoms. The lowest BCUT2D eigenvalue weighted by Crippen LogP contribution is -2.17. The Labute approximate surface area is 115 Å². The van der Waals surface area contributed by atoms with E-state index >= 15 is 0 Å². The highest BCUT2D eigenvalue weighted by Gasteiger charge is 2.22. The van der Waals surface area contributed by atoms with E-state index in [0.29, 0.717) is 12.5 Å². The van der Waals surface area contributed by atoms with Crippen LogP contribution in [0.25, 0.3) is 0 Å². The number of rotatable bonds is 6. The Kier molecular flexibility index (Phi) is 5.01. The Morgan fingerprint density at radius 2 is 2.05 bits per heavy atom. The molecular weight excluding hydrogens is 267 g/mol. The normalized spacial score (nSPS) is 12.2. The first kappa shape index (κ1) is 15.9. The van der Waals surface area contributed by atoms with Gasteiger partial charge in [-0.3, -0.25) is 10.1 Å². The van der Waals surface area contributed by atoms with E-state index in [1.807, 2.05) is 20.8 Å². The maximum Gasteiger partial charge on any atom is 0.338 e. The van der Waals surface area contributed by atoms with E-state index in [2.05, 4.69) is 5.32 Å². The summed E-state index contributed by atoms with van der Waals surface area (Å²) in [6.45, 7) is 6.42. The molecule has 0 saturated heterocycles. The van der Waals surface area contributed by atoms with E-state index in [1.54, 1.807) is 0 Å². The second-order valence-corrected chi connectivity index (χ2v) is 5.01. The van der Waals surface area contributed by atoms with Crippen LogP contribution >= 0.6 is 0 Å². The molecule has 0 aromatic heterocycles. The number of benzene rings is 1. The average Bonchev–Trinajstić information content (AvgIpc) is 2.34. The molecule has 0 aliphatic rings. The van der Waals surface area contributed by atoms with Crippen LogP contribution in [0.2, 0.25) is 0 Å². The molecule has 1 aromatic rings. The van der Waals surface area contributed by atoms with Crippen molar-refractivity contribution in [2.75, 3.05) is 11.9 Å². The summed E-state index contributed by atoms with van der Waals surface area (Å²) in [6.07, 6.45) is 0. The van der Waals surface area contributed by atoms with Crippen molar-refractivity contribution in [1.82, 2.24) is 0 Å². The highest BCUT2D eigenvalue weighted by molar-refractivity contribution is 5.90. The van der Waals surface area contributed by atoms with Crippen LogP contribution < -0.4 is 5.32 Å². The third-order valence-corrected chi connectivity index (χ3v) is 3.27. The van der Waals surface area contributed by atoms with Crippen molar-refractivity contribution < 1.29 is 19.2 Å². The van der Waals surface area contributed by atoms with Gasteiger partial charge in [-0.15, -0.1) is 0 Å². The van der Waals surface area contributed by atoms with Crippen LogP contribution in [0.5, 0.6) is 0 Å². The molecule has 0 spiro atoms. The van der Waals surface area contributed by atoms with Gasteiger partial charge in [0.2, 0.25) is 0 Å². The highest BCUT2D eigenvalue weighted by Crippen LogP contribution is 2.28. The Hall–Kier alpha value is -2.18.